The van der Waals surface area contributed by atoms with Crippen LogP contribution in [0.4, 0.5) is 0 Å². The Labute approximate surface area is 104 Å². The summed E-state index contributed by atoms with van der Waals surface area (Å²) in [5.41, 5.74) is 0. The van der Waals surface area contributed by atoms with Crippen LogP contribution in [0, 0.1) is 5.92 Å². The molecule has 4 heteroatoms. The summed E-state index contributed by atoms with van der Waals surface area (Å²) < 4.78 is 0. The monoisotopic (exact) mass is 239 g/mol. The minimum absolute atomic E-state index is 0.0231. The van der Waals surface area contributed by atoms with Gasteiger partial charge in [-0.15, -0.1) is 0 Å². The Morgan fingerprint density at radius 3 is 2.82 bits per heavy atom. The number of likely N-dealkylation sites (N-methyl/N-ethyl adjacent to an activating group) is 1. The Morgan fingerprint density at radius 1 is 1.41 bits per heavy atom. The van der Waals surface area contributed by atoms with Crippen molar-refractivity contribution in [1.82, 2.24) is 15.5 Å². The number of rotatable bonds is 5. The van der Waals surface area contributed by atoms with Crippen LogP contribution in [-0.4, -0.2) is 49.6 Å². The topological polar surface area (TPSA) is 44.4 Å². The number of carbonyl (C=O) groups is 1. The van der Waals surface area contributed by atoms with Gasteiger partial charge in [-0.3, -0.25) is 4.79 Å². The van der Waals surface area contributed by atoms with Crippen molar-refractivity contribution in [3.05, 3.63) is 0 Å². The number of nitrogens with zero attached hydrogens (tertiary/aromatic N) is 1. The molecule has 1 aliphatic carbocycles. The fourth-order valence-corrected chi connectivity index (χ4v) is 2.56. The number of hydrogen-bond acceptors (Lipinski definition) is 3. The minimum Gasteiger partial charge on any atom is -0.353 e. The molecule has 0 spiro atoms. The average Bonchev–Trinajstić information content (AvgIpc) is 3.13. The van der Waals surface area contributed by atoms with Crippen LogP contribution in [-0.2, 0) is 4.79 Å². The zero-order valence-electron chi connectivity index (χ0n) is 11.0. The zero-order chi connectivity index (χ0) is 12.3. The highest BCUT2D eigenvalue weighted by molar-refractivity contribution is 5.82. The fourth-order valence-electron chi connectivity index (χ4n) is 2.56. The van der Waals surface area contributed by atoms with Crippen LogP contribution in [0.3, 0.4) is 0 Å². The first-order valence-corrected chi connectivity index (χ1v) is 6.90. The molecule has 0 aromatic rings. The van der Waals surface area contributed by atoms with E-state index in [1.165, 1.54) is 19.3 Å². The van der Waals surface area contributed by atoms with Gasteiger partial charge in [-0.25, -0.2) is 0 Å². The third kappa shape index (κ3) is 3.68. The smallest absolute Gasteiger partial charge is 0.237 e. The standard InChI is InChI=1S/C13H25N3O/c1-10-4-3-7-14-12(10)13(17)15-8-9-16(2)11-5-6-11/h10-12,14H,3-9H2,1-2H3,(H,15,17). The molecular formula is C13H25N3O. The second-order valence-corrected chi connectivity index (χ2v) is 5.55. The van der Waals surface area contributed by atoms with E-state index < -0.39 is 0 Å². The predicted molar refractivity (Wildman–Crippen MR) is 68.9 cm³/mol. The summed E-state index contributed by atoms with van der Waals surface area (Å²) in [6.07, 6.45) is 5.00. The molecule has 1 saturated carbocycles. The summed E-state index contributed by atoms with van der Waals surface area (Å²) in [5.74, 6) is 0.645. The molecule has 2 rings (SSSR count). The molecule has 0 aromatic carbocycles. The van der Waals surface area contributed by atoms with Gasteiger partial charge in [0, 0.05) is 19.1 Å². The van der Waals surface area contributed by atoms with Crippen molar-refractivity contribution in [3.63, 3.8) is 0 Å². The summed E-state index contributed by atoms with van der Waals surface area (Å²) in [6.45, 7) is 4.88. The molecule has 0 aromatic heterocycles. The van der Waals surface area contributed by atoms with Gasteiger partial charge in [0.2, 0.25) is 5.91 Å². The van der Waals surface area contributed by atoms with E-state index in [0.29, 0.717) is 5.92 Å². The molecule has 1 saturated heterocycles. The lowest BCUT2D eigenvalue weighted by Crippen LogP contribution is -2.51. The number of hydrogen-bond donors (Lipinski definition) is 2. The number of carbonyl (C=O) groups excluding carboxylic acids is 1. The van der Waals surface area contributed by atoms with Crippen LogP contribution in [0.1, 0.15) is 32.6 Å². The van der Waals surface area contributed by atoms with Crippen molar-refractivity contribution in [3.8, 4) is 0 Å². The van der Waals surface area contributed by atoms with E-state index in [2.05, 4.69) is 29.5 Å². The van der Waals surface area contributed by atoms with Crippen LogP contribution in [0.2, 0.25) is 0 Å². The molecule has 17 heavy (non-hydrogen) atoms. The molecule has 0 bridgehead atoms. The van der Waals surface area contributed by atoms with Crippen LogP contribution in [0.5, 0.6) is 0 Å². The van der Waals surface area contributed by atoms with Gasteiger partial charge in [0.05, 0.1) is 6.04 Å². The van der Waals surface area contributed by atoms with Gasteiger partial charge in [0.15, 0.2) is 0 Å². The largest absolute Gasteiger partial charge is 0.353 e. The lowest BCUT2D eigenvalue weighted by Gasteiger charge is -2.29. The molecule has 1 amide bonds. The third-order valence-electron chi connectivity index (χ3n) is 3.99. The predicted octanol–water partition coefficient (Wildman–Crippen LogP) is 0.585. The summed E-state index contributed by atoms with van der Waals surface area (Å²) in [7, 11) is 2.14. The van der Waals surface area contributed by atoms with E-state index in [9.17, 15) is 4.79 Å². The number of piperidine rings is 1. The second-order valence-electron chi connectivity index (χ2n) is 5.55. The first kappa shape index (κ1) is 12.8. The maximum atomic E-state index is 12.0. The van der Waals surface area contributed by atoms with Crippen molar-refractivity contribution in [2.45, 2.75) is 44.7 Å². The van der Waals surface area contributed by atoms with Gasteiger partial charge in [0.1, 0.15) is 0 Å². The van der Waals surface area contributed by atoms with Crippen LogP contribution in [0.25, 0.3) is 0 Å². The molecule has 2 fully saturated rings. The van der Waals surface area contributed by atoms with Crippen molar-refractivity contribution in [2.24, 2.45) is 5.92 Å². The molecule has 4 nitrogen and oxygen atoms in total. The van der Waals surface area contributed by atoms with Gasteiger partial charge >= 0.3 is 0 Å². The maximum absolute atomic E-state index is 12.0. The van der Waals surface area contributed by atoms with Gasteiger partial charge < -0.3 is 15.5 Å². The zero-order valence-corrected chi connectivity index (χ0v) is 11.0. The minimum atomic E-state index is 0.0231. The Hall–Kier alpha value is -0.610. The molecule has 2 aliphatic rings. The molecule has 2 N–H and O–H groups in total. The molecule has 1 heterocycles. The van der Waals surface area contributed by atoms with E-state index in [-0.39, 0.29) is 11.9 Å². The highest BCUT2D eigenvalue weighted by Crippen LogP contribution is 2.24. The molecule has 0 radical (unpaired) electrons. The number of nitrogens with one attached hydrogen (secondary N) is 2. The van der Waals surface area contributed by atoms with Crippen LogP contribution >= 0.6 is 0 Å². The van der Waals surface area contributed by atoms with Gasteiger partial charge in [-0.05, 0) is 45.2 Å². The highest BCUT2D eigenvalue weighted by Gasteiger charge is 2.28. The normalized spacial score (nSPS) is 29.4. The fraction of sp³-hybridized carbons (Fsp3) is 0.923. The highest BCUT2D eigenvalue weighted by atomic mass is 16.2. The lowest BCUT2D eigenvalue weighted by atomic mass is 9.92. The Balaban J connectivity index is 1.65. The van der Waals surface area contributed by atoms with E-state index in [1.807, 2.05) is 0 Å². The van der Waals surface area contributed by atoms with E-state index in [1.54, 1.807) is 0 Å². The molecule has 2 unspecified atom stereocenters. The summed E-state index contributed by atoms with van der Waals surface area (Å²) in [6, 6.07) is 0.800. The quantitative estimate of drug-likeness (QED) is 0.738. The first-order chi connectivity index (χ1) is 8.18. The maximum Gasteiger partial charge on any atom is 0.237 e. The van der Waals surface area contributed by atoms with Crippen molar-refractivity contribution < 1.29 is 4.79 Å². The van der Waals surface area contributed by atoms with E-state index in [0.717, 1.165) is 32.1 Å². The Morgan fingerprint density at radius 2 is 2.18 bits per heavy atom. The second kappa shape index (κ2) is 5.83. The van der Waals surface area contributed by atoms with E-state index >= 15 is 0 Å². The van der Waals surface area contributed by atoms with Crippen molar-refractivity contribution in [1.29, 1.82) is 0 Å². The summed E-state index contributed by atoms with van der Waals surface area (Å²) in [5, 5.41) is 6.37. The van der Waals surface area contributed by atoms with Gasteiger partial charge in [-0.1, -0.05) is 6.92 Å². The molecule has 98 valence electrons. The SMILES string of the molecule is CC1CCCNC1C(=O)NCCN(C)C1CC1. The third-order valence-corrected chi connectivity index (χ3v) is 3.99. The Bertz CT molecular complexity index is 265. The molecule has 1 aliphatic heterocycles. The van der Waals surface area contributed by atoms with Crippen LogP contribution in [0.15, 0.2) is 0 Å². The Kier molecular flexibility index (Phi) is 4.40. The van der Waals surface area contributed by atoms with Gasteiger partial charge in [0.25, 0.3) is 0 Å². The van der Waals surface area contributed by atoms with E-state index in [4.69, 9.17) is 0 Å². The molecule has 2 atom stereocenters. The van der Waals surface area contributed by atoms with Crippen LogP contribution < -0.4 is 10.6 Å². The molecular weight excluding hydrogens is 214 g/mol. The summed E-state index contributed by atoms with van der Waals surface area (Å²) in [4.78, 5) is 14.3. The summed E-state index contributed by atoms with van der Waals surface area (Å²) >= 11 is 0. The number of amides is 1. The first-order valence-electron chi connectivity index (χ1n) is 6.90. The van der Waals surface area contributed by atoms with Gasteiger partial charge in [-0.2, -0.15) is 0 Å². The average molecular weight is 239 g/mol. The van der Waals surface area contributed by atoms with Crippen molar-refractivity contribution >= 4 is 5.91 Å². The van der Waals surface area contributed by atoms with Crippen molar-refractivity contribution in [2.75, 3.05) is 26.7 Å². The lowest BCUT2D eigenvalue weighted by molar-refractivity contribution is -0.124.